The van der Waals surface area contributed by atoms with Crippen molar-refractivity contribution in [3.8, 4) is 0 Å². The van der Waals surface area contributed by atoms with Gasteiger partial charge in [0.1, 0.15) is 5.82 Å². The van der Waals surface area contributed by atoms with Crippen molar-refractivity contribution >= 4 is 33.3 Å². The van der Waals surface area contributed by atoms with Gasteiger partial charge in [-0.3, -0.25) is 4.79 Å². The molecule has 0 atom stereocenters. The van der Waals surface area contributed by atoms with Crippen LogP contribution in [0.4, 0.5) is 4.39 Å². The Morgan fingerprint density at radius 3 is 2.00 bits per heavy atom. The summed E-state index contributed by atoms with van der Waals surface area (Å²) < 4.78 is 18.5. The molecule has 0 radical (unpaired) electrons. The number of halogens is 1. The Morgan fingerprint density at radius 2 is 1.38 bits per heavy atom. The van der Waals surface area contributed by atoms with E-state index in [1.807, 2.05) is 48.5 Å². The molecule has 0 unspecified atom stereocenters. The van der Waals surface area contributed by atoms with Crippen molar-refractivity contribution in [1.29, 1.82) is 0 Å². The molecule has 0 amide bonds. The van der Waals surface area contributed by atoms with Gasteiger partial charge in [-0.25, -0.2) is 9.18 Å². The van der Waals surface area contributed by atoms with E-state index >= 15 is 0 Å². The lowest BCUT2D eigenvalue weighted by atomic mass is 9.97. The molecule has 0 aliphatic heterocycles. The van der Waals surface area contributed by atoms with Gasteiger partial charge in [-0.05, 0) is 58.3 Å². The first-order valence-corrected chi connectivity index (χ1v) is 9.50. The molecule has 3 nitrogen and oxygen atoms in total. The molecule has 0 N–H and O–H groups in total. The highest BCUT2D eigenvalue weighted by molar-refractivity contribution is 6.16. The van der Waals surface area contributed by atoms with E-state index in [0.717, 1.165) is 21.5 Å². The fourth-order valence-corrected chi connectivity index (χ4v) is 3.48. The number of benzene rings is 4. The van der Waals surface area contributed by atoms with E-state index < -0.39 is 5.97 Å². The fraction of sp³-hybridized carbons (Fsp3) is 0.120. The molecule has 4 heteroatoms. The average molecular weight is 386 g/mol. The molecule has 0 bridgehead atoms. The van der Waals surface area contributed by atoms with Gasteiger partial charge in [0, 0.05) is 12.0 Å². The maximum Gasteiger partial charge on any atom is 0.339 e. The summed E-state index contributed by atoms with van der Waals surface area (Å²) in [4.78, 5) is 25.0. The smallest absolute Gasteiger partial charge is 0.339 e. The summed E-state index contributed by atoms with van der Waals surface area (Å²) in [6.45, 7) is 0.142. The lowest BCUT2D eigenvalue weighted by Gasteiger charge is -2.11. The maximum atomic E-state index is 13.0. The minimum absolute atomic E-state index is 0.100. The third-order valence-corrected chi connectivity index (χ3v) is 4.92. The highest BCUT2D eigenvalue weighted by atomic mass is 19.1. The van der Waals surface area contributed by atoms with Crippen LogP contribution in [0.3, 0.4) is 0 Å². The van der Waals surface area contributed by atoms with Crippen LogP contribution in [-0.2, 0) is 4.74 Å². The quantitative estimate of drug-likeness (QED) is 0.178. The van der Waals surface area contributed by atoms with Crippen LogP contribution in [0.1, 0.15) is 33.6 Å². The fourth-order valence-electron chi connectivity index (χ4n) is 3.48. The van der Waals surface area contributed by atoms with Crippen molar-refractivity contribution in [3.63, 3.8) is 0 Å². The third kappa shape index (κ3) is 4.02. The summed E-state index contributed by atoms with van der Waals surface area (Å²) in [6, 6.07) is 23.0. The zero-order valence-corrected chi connectivity index (χ0v) is 15.7. The molecule has 0 aliphatic rings. The van der Waals surface area contributed by atoms with Gasteiger partial charge in [-0.15, -0.1) is 0 Å². The van der Waals surface area contributed by atoms with Gasteiger partial charge in [-0.2, -0.15) is 0 Å². The van der Waals surface area contributed by atoms with Crippen molar-refractivity contribution in [2.24, 2.45) is 0 Å². The van der Waals surface area contributed by atoms with Crippen LogP contribution in [0.15, 0.2) is 78.9 Å². The Kier molecular flexibility index (Phi) is 5.34. The van der Waals surface area contributed by atoms with E-state index in [9.17, 15) is 14.0 Å². The first-order valence-electron chi connectivity index (χ1n) is 9.50. The first kappa shape index (κ1) is 18.8. The minimum atomic E-state index is -0.396. The zero-order chi connectivity index (χ0) is 20.2. The molecule has 4 aromatic carbocycles. The third-order valence-electron chi connectivity index (χ3n) is 4.92. The van der Waals surface area contributed by atoms with E-state index in [1.165, 1.54) is 24.3 Å². The number of rotatable bonds is 6. The van der Waals surface area contributed by atoms with Crippen molar-refractivity contribution < 1.29 is 18.7 Å². The minimum Gasteiger partial charge on any atom is -0.462 e. The number of fused-ring (bicyclic) bond motifs is 2. The largest absolute Gasteiger partial charge is 0.462 e. The van der Waals surface area contributed by atoms with Gasteiger partial charge in [0.2, 0.25) is 0 Å². The number of carbonyl (C=O) groups excluding carboxylic acids is 2. The van der Waals surface area contributed by atoms with Crippen LogP contribution in [0.2, 0.25) is 0 Å². The number of hydrogen-bond donors (Lipinski definition) is 0. The standard InChI is InChI=1S/C25H19FO3/c26-20-13-11-17(12-14-20)23(27)10-5-15-29-25(28)24-21-8-3-1-6-18(21)16-19-7-2-4-9-22(19)24/h1-4,6-9,11-14,16H,5,10,15H2. The maximum absolute atomic E-state index is 13.0. The Balaban J connectivity index is 1.47. The lowest BCUT2D eigenvalue weighted by Crippen LogP contribution is -2.09. The topological polar surface area (TPSA) is 43.4 Å². The van der Waals surface area contributed by atoms with Crippen molar-refractivity contribution in [3.05, 3.63) is 95.8 Å². The Bertz CT molecular complexity index is 1140. The van der Waals surface area contributed by atoms with E-state index in [4.69, 9.17) is 4.74 Å². The molecule has 0 fully saturated rings. The summed E-state index contributed by atoms with van der Waals surface area (Å²) in [6.07, 6.45) is 0.639. The molecule has 4 rings (SSSR count). The van der Waals surface area contributed by atoms with Crippen molar-refractivity contribution in [2.75, 3.05) is 6.61 Å². The Morgan fingerprint density at radius 1 is 0.793 bits per heavy atom. The molecular weight excluding hydrogens is 367 g/mol. The number of carbonyl (C=O) groups is 2. The highest BCUT2D eigenvalue weighted by Crippen LogP contribution is 2.29. The predicted octanol–water partition coefficient (Wildman–Crippen LogP) is 5.95. The molecular formula is C25H19FO3. The van der Waals surface area contributed by atoms with E-state index in [2.05, 4.69) is 6.07 Å². The summed E-state index contributed by atoms with van der Waals surface area (Å²) in [7, 11) is 0. The van der Waals surface area contributed by atoms with Crippen LogP contribution < -0.4 is 0 Å². The average Bonchev–Trinajstić information content (AvgIpc) is 2.75. The molecule has 0 spiro atoms. The van der Waals surface area contributed by atoms with Crippen LogP contribution in [0.5, 0.6) is 0 Å². The van der Waals surface area contributed by atoms with Gasteiger partial charge < -0.3 is 4.74 Å². The zero-order valence-electron chi connectivity index (χ0n) is 15.7. The monoisotopic (exact) mass is 386 g/mol. The molecule has 0 aliphatic carbocycles. The first-order chi connectivity index (χ1) is 14.1. The highest BCUT2D eigenvalue weighted by Gasteiger charge is 2.16. The van der Waals surface area contributed by atoms with Gasteiger partial charge in [0.25, 0.3) is 0 Å². The number of ether oxygens (including phenoxy) is 1. The number of ketones is 1. The molecule has 0 saturated carbocycles. The van der Waals surface area contributed by atoms with E-state index in [-0.39, 0.29) is 24.6 Å². The van der Waals surface area contributed by atoms with Crippen molar-refractivity contribution in [2.45, 2.75) is 12.8 Å². The summed E-state index contributed by atoms with van der Waals surface area (Å²) >= 11 is 0. The SMILES string of the molecule is O=C(CCCOC(=O)c1c2ccccc2cc2ccccc12)c1ccc(F)cc1. The van der Waals surface area contributed by atoms with Gasteiger partial charge in [0.05, 0.1) is 12.2 Å². The second-order valence-corrected chi connectivity index (χ2v) is 6.86. The van der Waals surface area contributed by atoms with Crippen LogP contribution in [0.25, 0.3) is 21.5 Å². The Hall–Kier alpha value is -3.53. The second-order valence-electron chi connectivity index (χ2n) is 6.86. The summed E-state index contributed by atoms with van der Waals surface area (Å²) in [5.74, 6) is -0.873. The Labute approximate surface area is 167 Å². The molecule has 4 aromatic rings. The molecule has 29 heavy (non-hydrogen) atoms. The van der Waals surface area contributed by atoms with E-state index in [1.54, 1.807) is 0 Å². The summed E-state index contributed by atoms with van der Waals surface area (Å²) in [5, 5.41) is 3.64. The second kappa shape index (κ2) is 8.23. The predicted molar refractivity (Wildman–Crippen MR) is 112 cm³/mol. The van der Waals surface area contributed by atoms with E-state index in [0.29, 0.717) is 17.5 Å². The molecule has 0 heterocycles. The van der Waals surface area contributed by atoms with Crippen LogP contribution in [-0.4, -0.2) is 18.4 Å². The number of Topliss-reactive ketones (excluding diaryl/α,β-unsaturated/α-hetero) is 1. The normalized spacial score (nSPS) is 10.9. The van der Waals surface area contributed by atoms with Crippen LogP contribution >= 0.6 is 0 Å². The number of esters is 1. The van der Waals surface area contributed by atoms with Crippen LogP contribution in [0, 0.1) is 5.82 Å². The lowest BCUT2D eigenvalue weighted by molar-refractivity contribution is 0.0498. The molecule has 0 saturated heterocycles. The summed E-state index contributed by atoms with van der Waals surface area (Å²) in [5.41, 5.74) is 1.00. The number of hydrogen-bond acceptors (Lipinski definition) is 3. The molecule has 144 valence electrons. The van der Waals surface area contributed by atoms with Gasteiger partial charge in [-0.1, -0.05) is 48.5 Å². The van der Waals surface area contributed by atoms with Gasteiger partial charge >= 0.3 is 5.97 Å². The van der Waals surface area contributed by atoms with Gasteiger partial charge in [0.15, 0.2) is 5.78 Å². The molecule has 0 aromatic heterocycles. The van der Waals surface area contributed by atoms with Crippen molar-refractivity contribution in [1.82, 2.24) is 0 Å².